The third-order valence-electron chi connectivity index (χ3n) is 4.01. The van der Waals surface area contributed by atoms with Crippen molar-refractivity contribution in [3.63, 3.8) is 0 Å². The van der Waals surface area contributed by atoms with Crippen LogP contribution in [0.5, 0.6) is 0 Å². The maximum absolute atomic E-state index is 6.24. The fraction of sp³-hybridized carbons (Fsp3) is 0.786. The van der Waals surface area contributed by atoms with Gasteiger partial charge in [0.2, 0.25) is 0 Å². The lowest BCUT2D eigenvalue weighted by Crippen LogP contribution is -2.37. The van der Waals surface area contributed by atoms with Crippen LogP contribution < -0.4 is 5.73 Å². The molecule has 96 valence electrons. The molecule has 1 aliphatic rings. The summed E-state index contributed by atoms with van der Waals surface area (Å²) in [6.07, 6.45) is 9.97. The first kappa shape index (κ1) is 12.6. The Morgan fingerprint density at radius 2 is 2.29 bits per heavy atom. The van der Waals surface area contributed by atoms with E-state index in [1.54, 1.807) is 0 Å². The fourth-order valence-corrected chi connectivity index (χ4v) is 2.97. The van der Waals surface area contributed by atoms with Gasteiger partial charge in [0, 0.05) is 31.4 Å². The molecule has 3 unspecified atom stereocenters. The monoisotopic (exact) mass is 235 g/mol. The van der Waals surface area contributed by atoms with Gasteiger partial charge >= 0.3 is 0 Å². The zero-order valence-electron chi connectivity index (χ0n) is 11.1. The van der Waals surface area contributed by atoms with E-state index in [0.717, 1.165) is 25.3 Å². The molecule has 0 bridgehead atoms. The summed E-state index contributed by atoms with van der Waals surface area (Å²) < 4.78 is 2.28. The number of hydrogen-bond donors (Lipinski definition) is 1. The molecule has 0 saturated heterocycles. The summed E-state index contributed by atoms with van der Waals surface area (Å²) in [5.74, 6) is 2.67. The quantitative estimate of drug-likeness (QED) is 0.871. The third-order valence-corrected chi connectivity index (χ3v) is 4.01. The first-order chi connectivity index (χ1) is 8.20. The number of hydrogen-bond acceptors (Lipinski definition) is 2. The van der Waals surface area contributed by atoms with E-state index in [1.165, 1.54) is 25.1 Å². The summed E-state index contributed by atoms with van der Waals surface area (Å²) in [7, 11) is 0. The van der Waals surface area contributed by atoms with Gasteiger partial charge in [-0.3, -0.25) is 0 Å². The largest absolute Gasteiger partial charge is 0.335 e. The number of imidazole rings is 1. The van der Waals surface area contributed by atoms with Crippen LogP contribution in [0, 0.1) is 11.8 Å². The van der Waals surface area contributed by atoms with Crippen molar-refractivity contribution >= 4 is 0 Å². The van der Waals surface area contributed by atoms with Crippen LogP contribution >= 0.6 is 0 Å². The van der Waals surface area contributed by atoms with E-state index >= 15 is 0 Å². The number of aryl methyl sites for hydroxylation is 1. The van der Waals surface area contributed by atoms with Gasteiger partial charge in [0.25, 0.3) is 0 Å². The molecule has 1 aliphatic carbocycles. The molecule has 1 fully saturated rings. The Balaban J connectivity index is 2.01. The van der Waals surface area contributed by atoms with Gasteiger partial charge < -0.3 is 10.3 Å². The Bertz CT molecular complexity index is 345. The van der Waals surface area contributed by atoms with Crippen molar-refractivity contribution in [2.45, 2.75) is 58.5 Å². The van der Waals surface area contributed by atoms with Gasteiger partial charge in [-0.15, -0.1) is 0 Å². The molecule has 0 aliphatic heterocycles. The number of rotatable bonds is 4. The number of aromatic nitrogens is 2. The second-order valence-corrected chi connectivity index (χ2v) is 5.58. The minimum absolute atomic E-state index is 0.373. The van der Waals surface area contributed by atoms with Gasteiger partial charge in [-0.25, -0.2) is 4.98 Å². The molecule has 0 radical (unpaired) electrons. The van der Waals surface area contributed by atoms with Gasteiger partial charge in [0.1, 0.15) is 5.82 Å². The first-order valence-electron chi connectivity index (χ1n) is 6.96. The molecule has 3 heteroatoms. The molecular weight excluding hydrogens is 210 g/mol. The maximum Gasteiger partial charge on any atom is 0.108 e. The lowest BCUT2D eigenvalue weighted by molar-refractivity contribution is 0.240. The topological polar surface area (TPSA) is 43.8 Å². The Labute approximate surface area is 104 Å². The van der Waals surface area contributed by atoms with E-state index in [4.69, 9.17) is 5.73 Å². The average molecular weight is 235 g/mol. The lowest BCUT2D eigenvalue weighted by atomic mass is 9.77. The molecule has 1 aromatic heterocycles. The van der Waals surface area contributed by atoms with Crippen molar-refractivity contribution in [1.29, 1.82) is 0 Å². The van der Waals surface area contributed by atoms with E-state index in [1.807, 2.05) is 6.20 Å². The van der Waals surface area contributed by atoms with E-state index in [9.17, 15) is 0 Å². The van der Waals surface area contributed by atoms with Crippen LogP contribution in [-0.4, -0.2) is 15.6 Å². The molecule has 1 saturated carbocycles. The molecule has 0 spiro atoms. The standard InChI is InChI=1S/C14H25N3/c1-3-7-17-8-6-16-14(17)10-12-9-11(2)4-5-13(12)15/h6,8,11-13H,3-5,7,9-10,15H2,1-2H3. The van der Waals surface area contributed by atoms with Gasteiger partial charge in [0.15, 0.2) is 0 Å². The lowest BCUT2D eigenvalue weighted by Gasteiger charge is -2.32. The molecular formula is C14H25N3. The van der Waals surface area contributed by atoms with E-state index in [2.05, 4.69) is 29.6 Å². The van der Waals surface area contributed by atoms with Crippen molar-refractivity contribution in [1.82, 2.24) is 9.55 Å². The molecule has 1 aromatic rings. The highest BCUT2D eigenvalue weighted by Crippen LogP contribution is 2.30. The maximum atomic E-state index is 6.24. The zero-order valence-corrected chi connectivity index (χ0v) is 11.1. The normalized spacial score (nSPS) is 29.5. The Morgan fingerprint density at radius 1 is 1.47 bits per heavy atom. The summed E-state index contributed by atoms with van der Waals surface area (Å²) in [4.78, 5) is 4.50. The van der Waals surface area contributed by atoms with Gasteiger partial charge in [-0.1, -0.05) is 13.8 Å². The molecule has 0 amide bonds. The molecule has 0 aromatic carbocycles. The van der Waals surface area contributed by atoms with E-state index in [0.29, 0.717) is 12.0 Å². The second kappa shape index (κ2) is 5.67. The first-order valence-corrected chi connectivity index (χ1v) is 6.96. The SMILES string of the molecule is CCCn1ccnc1CC1CC(C)CCC1N. The van der Waals surface area contributed by atoms with Crippen molar-refractivity contribution in [3.05, 3.63) is 18.2 Å². The second-order valence-electron chi connectivity index (χ2n) is 5.58. The van der Waals surface area contributed by atoms with Crippen molar-refractivity contribution in [2.75, 3.05) is 0 Å². The fourth-order valence-electron chi connectivity index (χ4n) is 2.97. The molecule has 2 rings (SSSR count). The Hall–Kier alpha value is -0.830. The van der Waals surface area contributed by atoms with Crippen LogP contribution in [0.4, 0.5) is 0 Å². The zero-order chi connectivity index (χ0) is 12.3. The third kappa shape index (κ3) is 3.09. The van der Waals surface area contributed by atoms with Crippen LogP contribution in [0.2, 0.25) is 0 Å². The minimum Gasteiger partial charge on any atom is -0.335 e. The van der Waals surface area contributed by atoms with Crippen LogP contribution in [0.25, 0.3) is 0 Å². The number of nitrogens with zero attached hydrogens (tertiary/aromatic N) is 2. The average Bonchev–Trinajstić information content (AvgIpc) is 2.72. The predicted molar refractivity (Wildman–Crippen MR) is 70.7 cm³/mol. The summed E-state index contributed by atoms with van der Waals surface area (Å²) >= 11 is 0. The van der Waals surface area contributed by atoms with Gasteiger partial charge in [0.05, 0.1) is 0 Å². The van der Waals surface area contributed by atoms with Crippen molar-refractivity contribution < 1.29 is 0 Å². The van der Waals surface area contributed by atoms with E-state index < -0.39 is 0 Å². The van der Waals surface area contributed by atoms with Crippen LogP contribution in [0.3, 0.4) is 0 Å². The van der Waals surface area contributed by atoms with Crippen molar-refractivity contribution in [2.24, 2.45) is 17.6 Å². The molecule has 2 N–H and O–H groups in total. The smallest absolute Gasteiger partial charge is 0.108 e. The summed E-state index contributed by atoms with van der Waals surface area (Å²) in [5, 5.41) is 0. The van der Waals surface area contributed by atoms with Crippen molar-refractivity contribution in [3.8, 4) is 0 Å². The van der Waals surface area contributed by atoms with Gasteiger partial charge in [-0.2, -0.15) is 0 Å². The Kier molecular flexibility index (Phi) is 4.21. The highest BCUT2D eigenvalue weighted by atomic mass is 15.1. The molecule has 17 heavy (non-hydrogen) atoms. The summed E-state index contributed by atoms with van der Waals surface area (Å²) in [6, 6.07) is 0.373. The number of nitrogens with two attached hydrogens (primary N) is 1. The summed E-state index contributed by atoms with van der Waals surface area (Å²) in [6.45, 7) is 5.63. The predicted octanol–water partition coefficient (Wildman–Crippen LogP) is 2.60. The van der Waals surface area contributed by atoms with Gasteiger partial charge in [-0.05, 0) is 37.5 Å². The molecule has 3 nitrogen and oxygen atoms in total. The highest BCUT2D eigenvalue weighted by Gasteiger charge is 2.27. The van der Waals surface area contributed by atoms with Crippen LogP contribution in [0.1, 0.15) is 45.4 Å². The van der Waals surface area contributed by atoms with Crippen LogP contribution in [-0.2, 0) is 13.0 Å². The minimum atomic E-state index is 0.373. The van der Waals surface area contributed by atoms with Crippen LogP contribution in [0.15, 0.2) is 12.4 Å². The summed E-state index contributed by atoms with van der Waals surface area (Å²) in [5.41, 5.74) is 6.24. The Morgan fingerprint density at radius 3 is 3.06 bits per heavy atom. The van der Waals surface area contributed by atoms with E-state index in [-0.39, 0.29) is 0 Å². The molecule has 3 atom stereocenters. The molecule has 1 heterocycles. The highest BCUT2D eigenvalue weighted by molar-refractivity contribution is 4.97.